The van der Waals surface area contributed by atoms with E-state index < -0.39 is 0 Å². The highest BCUT2D eigenvalue weighted by atomic mass is 35.5. The molecule has 4 rings (SSSR count). The fourth-order valence-electron chi connectivity index (χ4n) is 3.04. The number of nitrogens with one attached hydrogen (secondary N) is 1. The number of thioether (sulfide) groups is 1. The molecule has 4 aromatic rings. The van der Waals surface area contributed by atoms with E-state index in [0.717, 1.165) is 16.8 Å². The Labute approximate surface area is 204 Å². The van der Waals surface area contributed by atoms with Crippen molar-refractivity contribution in [3.8, 4) is 28.6 Å². The molecule has 0 saturated heterocycles. The van der Waals surface area contributed by atoms with Crippen molar-refractivity contribution in [1.82, 2.24) is 20.2 Å². The van der Waals surface area contributed by atoms with Gasteiger partial charge in [0, 0.05) is 16.3 Å². The second-order valence-electron chi connectivity index (χ2n) is 7.31. The molecule has 34 heavy (non-hydrogen) atoms. The van der Waals surface area contributed by atoms with E-state index in [4.69, 9.17) is 11.6 Å². The van der Waals surface area contributed by atoms with Gasteiger partial charge in [0.05, 0.1) is 12.0 Å². The minimum atomic E-state index is -0.337. The number of rotatable bonds is 7. The van der Waals surface area contributed by atoms with E-state index in [-0.39, 0.29) is 23.2 Å². The standard InChI is InChI=1S/C24H20ClN5O3S/c1-15-2-9-19(10-3-15)30-23(17-5-7-18(25)8-6-17)28-29-24(30)34-14-22(33)27-26-13-16-4-11-20(31)21(32)12-16/h2-13,31-32H,14H2,1H3,(H,27,33)/b26-13-. The van der Waals surface area contributed by atoms with Gasteiger partial charge in [0.2, 0.25) is 0 Å². The summed E-state index contributed by atoms with van der Waals surface area (Å²) in [5.41, 5.74) is 5.80. The first-order chi connectivity index (χ1) is 16.4. The molecular weight excluding hydrogens is 474 g/mol. The van der Waals surface area contributed by atoms with Crippen molar-refractivity contribution in [2.45, 2.75) is 12.1 Å². The number of hydrogen-bond acceptors (Lipinski definition) is 7. The quantitative estimate of drug-likeness (QED) is 0.151. The fraction of sp³-hybridized carbons (Fsp3) is 0.0833. The van der Waals surface area contributed by atoms with Crippen molar-refractivity contribution >= 4 is 35.5 Å². The number of halogens is 1. The molecule has 0 bridgehead atoms. The molecule has 1 amide bonds. The van der Waals surface area contributed by atoms with E-state index in [9.17, 15) is 15.0 Å². The number of hydrazone groups is 1. The average molecular weight is 494 g/mol. The highest BCUT2D eigenvalue weighted by Gasteiger charge is 2.17. The topological polar surface area (TPSA) is 113 Å². The number of benzene rings is 3. The first-order valence-electron chi connectivity index (χ1n) is 10.2. The fourth-order valence-corrected chi connectivity index (χ4v) is 3.91. The van der Waals surface area contributed by atoms with Crippen LogP contribution in [0.15, 0.2) is 77.0 Å². The second-order valence-corrected chi connectivity index (χ2v) is 8.69. The molecule has 1 aromatic heterocycles. The maximum atomic E-state index is 12.3. The number of phenols is 2. The van der Waals surface area contributed by atoms with Crippen molar-refractivity contribution in [1.29, 1.82) is 0 Å². The molecule has 0 radical (unpaired) electrons. The van der Waals surface area contributed by atoms with Crippen molar-refractivity contribution in [3.63, 3.8) is 0 Å². The molecule has 0 saturated carbocycles. The van der Waals surface area contributed by atoms with E-state index in [1.807, 2.05) is 47.9 Å². The van der Waals surface area contributed by atoms with Crippen LogP contribution in [0.1, 0.15) is 11.1 Å². The van der Waals surface area contributed by atoms with Gasteiger partial charge in [-0.1, -0.05) is 41.1 Å². The predicted octanol–water partition coefficient (Wildman–Crippen LogP) is 4.55. The Kier molecular flexibility index (Phi) is 7.15. The van der Waals surface area contributed by atoms with Gasteiger partial charge in [0.1, 0.15) is 0 Å². The van der Waals surface area contributed by atoms with Crippen LogP contribution in [-0.2, 0) is 4.79 Å². The van der Waals surface area contributed by atoms with E-state index in [0.29, 0.717) is 21.6 Å². The third kappa shape index (κ3) is 5.56. The average Bonchev–Trinajstić information content (AvgIpc) is 3.25. The van der Waals surface area contributed by atoms with Crippen LogP contribution in [-0.4, -0.2) is 42.9 Å². The van der Waals surface area contributed by atoms with E-state index in [2.05, 4.69) is 20.7 Å². The smallest absolute Gasteiger partial charge is 0.250 e. The summed E-state index contributed by atoms with van der Waals surface area (Å²) >= 11 is 7.26. The van der Waals surface area contributed by atoms with Gasteiger partial charge in [-0.15, -0.1) is 10.2 Å². The lowest BCUT2D eigenvalue weighted by Gasteiger charge is -2.10. The lowest BCUT2D eigenvalue weighted by Crippen LogP contribution is -2.20. The van der Waals surface area contributed by atoms with Crippen molar-refractivity contribution in [3.05, 3.63) is 82.9 Å². The molecule has 10 heteroatoms. The van der Waals surface area contributed by atoms with E-state index in [1.165, 1.54) is 30.1 Å². The number of carbonyl (C=O) groups excluding carboxylic acids is 1. The maximum Gasteiger partial charge on any atom is 0.250 e. The molecule has 0 aliphatic heterocycles. The van der Waals surface area contributed by atoms with Gasteiger partial charge >= 0.3 is 0 Å². The van der Waals surface area contributed by atoms with Crippen LogP contribution in [0.5, 0.6) is 11.5 Å². The summed E-state index contributed by atoms with van der Waals surface area (Å²) in [4.78, 5) is 12.3. The largest absolute Gasteiger partial charge is 0.504 e. The summed E-state index contributed by atoms with van der Waals surface area (Å²) in [5.74, 6) is -0.140. The van der Waals surface area contributed by atoms with Crippen LogP contribution in [0.2, 0.25) is 5.02 Å². The van der Waals surface area contributed by atoms with Crippen LogP contribution >= 0.6 is 23.4 Å². The third-order valence-corrected chi connectivity index (χ3v) is 5.94. The second kappa shape index (κ2) is 10.4. The summed E-state index contributed by atoms with van der Waals surface area (Å²) < 4.78 is 1.89. The molecule has 172 valence electrons. The number of nitrogens with zero attached hydrogens (tertiary/aromatic N) is 4. The van der Waals surface area contributed by atoms with Crippen LogP contribution in [0.4, 0.5) is 0 Å². The number of aromatic nitrogens is 3. The van der Waals surface area contributed by atoms with E-state index in [1.54, 1.807) is 18.2 Å². The van der Waals surface area contributed by atoms with Gasteiger partial charge in [-0.2, -0.15) is 5.10 Å². The zero-order valence-corrected chi connectivity index (χ0v) is 19.6. The van der Waals surface area contributed by atoms with E-state index >= 15 is 0 Å². The number of aryl methyl sites for hydroxylation is 1. The highest BCUT2D eigenvalue weighted by molar-refractivity contribution is 7.99. The molecule has 1 heterocycles. The Hall–Kier alpha value is -3.82. The minimum absolute atomic E-state index is 0.0583. The van der Waals surface area contributed by atoms with Gasteiger partial charge < -0.3 is 10.2 Å². The third-order valence-electron chi connectivity index (χ3n) is 4.76. The lowest BCUT2D eigenvalue weighted by molar-refractivity contribution is -0.118. The number of carbonyl (C=O) groups is 1. The highest BCUT2D eigenvalue weighted by Crippen LogP contribution is 2.29. The monoisotopic (exact) mass is 493 g/mol. The molecular formula is C24H20ClN5O3S. The van der Waals surface area contributed by atoms with Crippen molar-refractivity contribution < 1.29 is 15.0 Å². The summed E-state index contributed by atoms with van der Waals surface area (Å²) in [6, 6.07) is 19.5. The first-order valence-corrected chi connectivity index (χ1v) is 11.5. The van der Waals surface area contributed by atoms with Gasteiger partial charge in [0.25, 0.3) is 5.91 Å². The molecule has 0 aliphatic carbocycles. The summed E-state index contributed by atoms with van der Waals surface area (Å²) in [7, 11) is 0. The Morgan fingerprint density at radius 1 is 1.06 bits per heavy atom. The molecule has 0 fully saturated rings. The van der Waals surface area contributed by atoms with Crippen LogP contribution < -0.4 is 5.43 Å². The van der Waals surface area contributed by atoms with Crippen molar-refractivity contribution in [2.75, 3.05) is 5.75 Å². The van der Waals surface area contributed by atoms with Crippen LogP contribution in [0.3, 0.4) is 0 Å². The Morgan fingerprint density at radius 3 is 2.50 bits per heavy atom. The maximum absolute atomic E-state index is 12.3. The van der Waals surface area contributed by atoms with Gasteiger partial charge in [0.15, 0.2) is 22.5 Å². The van der Waals surface area contributed by atoms with Gasteiger partial charge in [-0.3, -0.25) is 9.36 Å². The number of hydrogen-bond donors (Lipinski definition) is 3. The molecule has 3 N–H and O–H groups in total. The summed E-state index contributed by atoms with van der Waals surface area (Å²) in [5, 5.41) is 32.6. The molecule has 8 nitrogen and oxygen atoms in total. The van der Waals surface area contributed by atoms with Crippen LogP contribution in [0, 0.1) is 6.92 Å². The first kappa shape index (κ1) is 23.3. The number of aromatic hydroxyl groups is 2. The molecule has 3 aromatic carbocycles. The summed E-state index contributed by atoms with van der Waals surface area (Å²) in [6.07, 6.45) is 1.37. The molecule has 0 atom stereocenters. The Morgan fingerprint density at radius 2 is 1.79 bits per heavy atom. The van der Waals surface area contributed by atoms with Gasteiger partial charge in [-0.05, 0) is 67.1 Å². The molecule has 0 spiro atoms. The predicted molar refractivity (Wildman–Crippen MR) is 133 cm³/mol. The Balaban J connectivity index is 1.50. The lowest BCUT2D eigenvalue weighted by atomic mass is 10.2. The number of amides is 1. The van der Waals surface area contributed by atoms with Gasteiger partial charge in [-0.25, -0.2) is 5.43 Å². The van der Waals surface area contributed by atoms with Crippen molar-refractivity contribution in [2.24, 2.45) is 5.10 Å². The SMILES string of the molecule is Cc1ccc(-n2c(SCC(=O)N/N=C\c3ccc(O)c(O)c3)nnc2-c2ccc(Cl)cc2)cc1. The zero-order valence-electron chi connectivity index (χ0n) is 18.0. The zero-order chi connectivity index (χ0) is 24.1. The Bertz CT molecular complexity index is 1340. The number of phenolic OH excluding ortho intramolecular Hbond substituents is 2. The molecule has 0 unspecified atom stereocenters. The summed E-state index contributed by atoms with van der Waals surface area (Å²) in [6.45, 7) is 2.01. The minimum Gasteiger partial charge on any atom is -0.504 e. The van der Waals surface area contributed by atoms with Crippen LogP contribution in [0.25, 0.3) is 17.1 Å². The molecule has 0 aliphatic rings. The normalized spacial score (nSPS) is 11.1.